The zero-order chi connectivity index (χ0) is 14.4. The Morgan fingerprint density at radius 2 is 1.89 bits per heavy atom. The van der Waals surface area contributed by atoms with Crippen LogP contribution in [0, 0.1) is 6.92 Å². The molecule has 1 aromatic rings. The molecule has 104 valence electrons. The van der Waals surface area contributed by atoms with Gasteiger partial charge in [-0.3, -0.25) is 0 Å². The molecule has 0 fully saturated rings. The van der Waals surface area contributed by atoms with Gasteiger partial charge in [0.15, 0.2) is 0 Å². The second kappa shape index (κ2) is 6.63. The SMILES string of the molecule is CCOC(=O)/C(=C/N)n1c(C)ccc1C(=O)OCC. The smallest absolute Gasteiger partial charge is 0.356 e. The van der Waals surface area contributed by atoms with E-state index < -0.39 is 11.9 Å². The van der Waals surface area contributed by atoms with E-state index in [1.165, 1.54) is 4.57 Å². The standard InChI is InChI=1S/C13H18N2O4/c1-4-18-12(16)10-7-6-9(3)15(10)11(8-14)13(17)19-5-2/h6-8H,4-5,14H2,1-3H3/b11-8-. The molecule has 6 nitrogen and oxygen atoms in total. The van der Waals surface area contributed by atoms with Gasteiger partial charge >= 0.3 is 11.9 Å². The lowest BCUT2D eigenvalue weighted by molar-refractivity contribution is -0.136. The Bertz CT molecular complexity index is 503. The van der Waals surface area contributed by atoms with Crippen LogP contribution in [0.5, 0.6) is 0 Å². The second-order valence-electron chi connectivity index (χ2n) is 3.69. The fraction of sp³-hybridized carbons (Fsp3) is 0.385. The average molecular weight is 266 g/mol. The van der Waals surface area contributed by atoms with Gasteiger partial charge in [-0.2, -0.15) is 0 Å². The molecule has 0 saturated carbocycles. The van der Waals surface area contributed by atoms with Crippen LogP contribution < -0.4 is 5.73 Å². The monoisotopic (exact) mass is 266 g/mol. The number of rotatable bonds is 5. The molecule has 0 bridgehead atoms. The molecule has 19 heavy (non-hydrogen) atoms. The first kappa shape index (κ1) is 14.8. The van der Waals surface area contributed by atoms with Crippen LogP contribution >= 0.6 is 0 Å². The normalized spacial score (nSPS) is 11.2. The van der Waals surface area contributed by atoms with Crippen LogP contribution in [-0.4, -0.2) is 29.7 Å². The molecule has 0 radical (unpaired) electrons. The van der Waals surface area contributed by atoms with E-state index in [1.54, 1.807) is 32.9 Å². The summed E-state index contributed by atoms with van der Waals surface area (Å²) >= 11 is 0. The molecule has 0 unspecified atom stereocenters. The first-order chi connectivity index (χ1) is 9.06. The maximum absolute atomic E-state index is 11.8. The summed E-state index contributed by atoms with van der Waals surface area (Å²) in [6, 6.07) is 3.28. The van der Waals surface area contributed by atoms with Crippen LogP contribution in [0.3, 0.4) is 0 Å². The third-order valence-corrected chi connectivity index (χ3v) is 2.44. The largest absolute Gasteiger partial charge is 0.461 e. The molecule has 1 rings (SSSR count). The number of nitrogens with two attached hydrogens (primary N) is 1. The van der Waals surface area contributed by atoms with Crippen LogP contribution in [0.1, 0.15) is 30.0 Å². The molecule has 0 aliphatic carbocycles. The Morgan fingerprint density at radius 3 is 2.42 bits per heavy atom. The number of nitrogens with zero attached hydrogens (tertiary/aromatic N) is 1. The van der Waals surface area contributed by atoms with E-state index in [2.05, 4.69) is 0 Å². The lowest BCUT2D eigenvalue weighted by Gasteiger charge is -2.13. The highest BCUT2D eigenvalue weighted by Gasteiger charge is 2.21. The third-order valence-electron chi connectivity index (χ3n) is 2.44. The molecule has 0 aromatic carbocycles. The molecule has 1 heterocycles. The Morgan fingerprint density at radius 1 is 1.26 bits per heavy atom. The molecule has 1 aromatic heterocycles. The minimum atomic E-state index is -0.588. The predicted molar refractivity (Wildman–Crippen MR) is 70.2 cm³/mol. The highest BCUT2D eigenvalue weighted by Crippen LogP contribution is 2.17. The van der Waals surface area contributed by atoms with Crippen molar-refractivity contribution in [1.82, 2.24) is 4.57 Å². The number of carbonyl (C=O) groups excluding carboxylic acids is 2. The first-order valence-corrected chi connectivity index (χ1v) is 6.01. The maximum Gasteiger partial charge on any atom is 0.356 e. The molecule has 6 heteroatoms. The fourth-order valence-corrected chi connectivity index (χ4v) is 1.66. The van der Waals surface area contributed by atoms with Crippen LogP contribution in [0.4, 0.5) is 0 Å². The minimum Gasteiger partial charge on any atom is -0.461 e. The van der Waals surface area contributed by atoms with E-state index >= 15 is 0 Å². The topological polar surface area (TPSA) is 83.5 Å². The second-order valence-corrected chi connectivity index (χ2v) is 3.69. The maximum atomic E-state index is 11.8. The van der Waals surface area contributed by atoms with Gasteiger partial charge in [-0.1, -0.05) is 0 Å². The van der Waals surface area contributed by atoms with Crippen molar-refractivity contribution < 1.29 is 19.1 Å². The summed E-state index contributed by atoms with van der Waals surface area (Å²) in [6.45, 7) is 5.64. The molecule has 2 N–H and O–H groups in total. The number of esters is 2. The summed E-state index contributed by atoms with van der Waals surface area (Å²) in [5.74, 6) is -1.10. The molecule has 0 aliphatic rings. The summed E-state index contributed by atoms with van der Waals surface area (Å²) in [4.78, 5) is 23.6. The van der Waals surface area contributed by atoms with E-state index in [4.69, 9.17) is 15.2 Å². The quantitative estimate of drug-likeness (QED) is 0.641. The van der Waals surface area contributed by atoms with Gasteiger partial charge in [0.1, 0.15) is 11.4 Å². The molecular formula is C13H18N2O4. The van der Waals surface area contributed by atoms with Crippen LogP contribution in [0.15, 0.2) is 18.3 Å². The summed E-state index contributed by atoms with van der Waals surface area (Å²) in [6.07, 6.45) is 1.12. The van der Waals surface area contributed by atoms with Crippen molar-refractivity contribution in [3.8, 4) is 0 Å². The van der Waals surface area contributed by atoms with Crippen molar-refractivity contribution in [1.29, 1.82) is 0 Å². The van der Waals surface area contributed by atoms with Crippen molar-refractivity contribution in [2.75, 3.05) is 13.2 Å². The zero-order valence-electron chi connectivity index (χ0n) is 11.3. The summed E-state index contributed by atoms with van der Waals surface area (Å²) < 4.78 is 11.3. The van der Waals surface area contributed by atoms with Crippen molar-refractivity contribution in [2.45, 2.75) is 20.8 Å². The average Bonchev–Trinajstić information content (AvgIpc) is 2.74. The Hall–Kier alpha value is -2.24. The van der Waals surface area contributed by atoms with Gasteiger partial charge in [0.25, 0.3) is 0 Å². The third kappa shape index (κ3) is 3.15. The first-order valence-electron chi connectivity index (χ1n) is 6.01. The van der Waals surface area contributed by atoms with Crippen molar-refractivity contribution in [2.24, 2.45) is 5.73 Å². The van der Waals surface area contributed by atoms with Gasteiger partial charge in [0.05, 0.1) is 13.2 Å². The Kier molecular flexibility index (Phi) is 5.17. The molecule has 0 amide bonds. The molecular weight excluding hydrogens is 248 g/mol. The summed E-state index contributed by atoms with van der Waals surface area (Å²) in [5.41, 5.74) is 6.49. The number of hydrogen-bond acceptors (Lipinski definition) is 5. The summed E-state index contributed by atoms with van der Waals surface area (Å²) in [7, 11) is 0. The lowest BCUT2D eigenvalue weighted by Crippen LogP contribution is -2.19. The number of carbonyl (C=O) groups is 2. The van der Waals surface area contributed by atoms with E-state index in [9.17, 15) is 9.59 Å². The molecule has 0 saturated heterocycles. The van der Waals surface area contributed by atoms with Crippen molar-refractivity contribution >= 4 is 17.6 Å². The number of ether oxygens (including phenoxy) is 2. The van der Waals surface area contributed by atoms with Gasteiger partial charge in [-0.25, -0.2) is 9.59 Å². The van der Waals surface area contributed by atoms with Crippen LogP contribution in [0.2, 0.25) is 0 Å². The highest BCUT2D eigenvalue weighted by atomic mass is 16.5. The highest BCUT2D eigenvalue weighted by molar-refractivity contribution is 6.11. The van der Waals surface area contributed by atoms with Crippen LogP contribution in [0.25, 0.3) is 5.70 Å². The lowest BCUT2D eigenvalue weighted by atomic mass is 10.4. The van der Waals surface area contributed by atoms with E-state index in [0.29, 0.717) is 5.69 Å². The predicted octanol–water partition coefficient (Wildman–Crippen LogP) is 1.29. The van der Waals surface area contributed by atoms with E-state index in [-0.39, 0.29) is 24.6 Å². The molecule has 0 spiro atoms. The fourth-order valence-electron chi connectivity index (χ4n) is 1.66. The Labute approximate surface area is 111 Å². The van der Waals surface area contributed by atoms with E-state index in [0.717, 1.165) is 6.20 Å². The number of hydrogen-bond donors (Lipinski definition) is 1. The van der Waals surface area contributed by atoms with Gasteiger partial charge in [0, 0.05) is 11.9 Å². The van der Waals surface area contributed by atoms with E-state index in [1.807, 2.05) is 0 Å². The number of aryl methyl sites for hydroxylation is 1. The molecule has 0 atom stereocenters. The van der Waals surface area contributed by atoms with Crippen molar-refractivity contribution in [3.63, 3.8) is 0 Å². The zero-order valence-corrected chi connectivity index (χ0v) is 11.3. The van der Waals surface area contributed by atoms with Gasteiger partial charge < -0.3 is 19.8 Å². The van der Waals surface area contributed by atoms with Gasteiger partial charge in [-0.15, -0.1) is 0 Å². The van der Waals surface area contributed by atoms with Gasteiger partial charge in [0.2, 0.25) is 0 Å². The Balaban J connectivity index is 3.21. The minimum absolute atomic E-state index is 0.0902. The molecule has 0 aliphatic heterocycles. The van der Waals surface area contributed by atoms with Crippen LogP contribution in [-0.2, 0) is 14.3 Å². The van der Waals surface area contributed by atoms with Crippen molar-refractivity contribution in [3.05, 3.63) is 29.7 Å². The summed E-state index contributed by atoms with van der Waals surface area (Å²) in [5, 5.41) is 0. The number of aromatic nitrogens is 1. The van der Waals surface area contributed by atoms with Gasteiger partial charge in [-0.05, 0) is 32.9 Å².